The molecule has 1 radical (unpaired) electrons. The van der Waals surface area contributed by atoms with Crippen LogP contribution in [-0.4, -0.2) is 11.4 Å². The van der Waals surface area contributed by atoms with Crippen LogP contribution in [0.15, 0.2) is 0 Å². The van der Waals surface area contributed by atoms with Crippen LogP contribution >= 0.6 is 15.9 Å². The van der Waals surface area contributed by atoms with Crippen molar-refractivity contribution in [3.05, 3.63) is 0 Å². The standard InChI is InChI=1S/C7H12BrO/c8-7-3-1-2-6(4-7)5-9/h6-7H,1-5H2. The van der Waals surface area contributed by atoms with E-state index in [2.05, 4.69) is 15.9 Å². The van der Waals surface area contributed by atoms with E-state index < -0.39 is 0 Å². The Bertz CT molecular complexity index is 85.0. The van der Waals surface area contributed by atoms with Gasteiger partial charge in [-0.3, -0.25) is 0 Å². The summed E-state index contributed by atoms with van der Waals surface area (Å²) in [7, 11) is 0. The highest BCUT2D eigenvalue weighted by Crippen LogP contribution is 2.28. The Morgan fingerprint density at radius 1 is 1.44 bits per heavy atom. The highest BCUT2D eigenvalue weighted by Gasteiger charge is 2.18. The average Bonchev–Trinajstić information content (AvgIpc) is 1.88. The number of alkyl halides is 1. The first-order valence-corrected chi connectivity index (χ1v) is 4.46. The topological polar surface area (TPSA) is 19.9 Å². The van der Waals surface area contributed by atoms with Crippen LogP contribution in [0.4, 0.5) is 0 Å². The molecule has 1 rings (SSSR count). The van der Waals surface area contributed by atoms with Gasteiger partial charge in [0.1, 0.15) is 0 Å². The molecular weight excluding hydrogens is 180 g/mol. The average molecular weight is 192 g/mol. The van der Waals surface area contributed by atoms with E-state index in [4.69, 9.17) is 0 Å². The van der Waals surface area contributed by atoms with Crippen LogP contribution in [0.2, 0.25) is 0 Å². The van der Waals surface area contributed by atoms with Crippen molar-refractivity contribution >= 4 is 15.9 Å². The predicted molar refractivity (Wildman–Crippen MR) is 40.2 cm³/mol. The molecule has 2 atom stereocenters. The zero-order valence-electron chi connectivity index (χ0n) is 5.48. The summed E-state index contributed by atoms with van der Waals surface area (Å²) < 4.78 is 0. The summed E-state index contributed by atoms with van der Waals surface area (Å²) in [6.07, 6.45) is 4.76. The normalized spacial score (nSPS) is 36.7. The molecule has 0 heterocycles. The van der Waals surface area contributed by atoms with Crippen molar-refractivity contribution in [3.63, 3.8) is 0 Å². The second kappa shape index (κ2) is 3.57. The van der Waals surface area contributed by atoms with Gasteiger partial charge in [0.05, 0.1) is 6.61 Å². The van der Waals surface area contributed by atoms with Crippen LogP contribution in [0, 0.1) is 5.92 Å². The molecule has 1 nitrogen and oxygen atoms in total. The van der Waals surface area contributed by atoms with Crippen molar-refractivity contribution in [2.75, 3.05) is 6.61 Å². The summed E-state index contributed by atoms with van der Waals surface area (Å²) in [5.41, 5.74) is 0. The summed E-state index contributed by atoms with van der Waals surface area (Å²) >= 11 is 3.53. The lowest BCUT2D eigenvalue weighted by Crippen LogP contribution is -2.17. The molecule has 1 aliphatic carbocycles. The fourth-order valence-corrected chi connectivity index (χ4v) is 2.23. The predicted octanol–water partition coefficient (Wildman–Crippen LogP) is 2.37. The molecule has 9 heavy (non-hydrogen) atoms. The second-order valence-electron chi connectivity index (χ2n) is 2.80. The Morgan fingerprint density at radius 2 is 2.22 bits per heavy atom. The second-order valence-corrected chi connectivity index (χ2v) is 4.09. The summed E-state index contributed by atoms with van der Waals surface area (Å²) in [4.78, 5) is 0.630. The number of rotatable bonds is 1. The zero-order chi connectivity index (χ0) is 6.69. The molecule has 0 bridgehead atoms. The molecule has 2 heteroatoms. The quantitative estimate of drug-likeness (QED) is 0.568. The third-order valence-corrected chi connectivity index (χ3v) is 2.79. The summed E-state index contributed by atoms with van der Waals surface area (Å²) in [6.45, 7) is 0.127. The van der Waals surface area contributed by atoms with Crippen LogP contribution in [-0.2, 0) is 5.11 Å². The first-order valence-electron chi connectivity index (χ1n) is 3.55. The summed E-state index contributed by atoms with van der Waals surface area (Å²) in [6, 6.07) is 0. The van der Waals surface area contributed by atoms with E-state index in [-0.39, 0.29) is 6.61 Å². The minimum Gasteiger partial charge on any atom is -0.236 e. The van der Waals surface area contributed by atoms with Gasteiger partial charge in [-0.1, -0.05) is 22.4 Å². The van der Waals surface area contributed by atoms with Crippen molar-refractivity contribution < 1.29 is 5.11 Å². The largest absolute Gasteiger partial charge is 0.236 e. The molecule has 1 aliphatic rings. The Labute approximate surface area is 64.6 Å². The molecular formula is C7H12BrO. The third kappa shape index (κ3) is 2.26. The minimum atomic E-state index is 0.127. The zero-order valence-corrected chi connectivity index (χ0v) is 7.06. The highest BCUT2D eigenvalue weighted by molar-refractivity contribution is 9.09. The lowest BCUT2D eigenvalue weighted by molar-refractivity contribution is 0.124. The molecule has 0 N–H and O–H groups in total. The van der Waals surface area contributed by atoms with Crippen molar-refractivity contribution in [1.82, 2.24) is 0 Å². The van der Waals surface area contributed by atoms with Gasteiger partial charge in [-0.25, -0.2) is 5.11 Å². The maximum Gasteiger partial charge on any atom is 0.0850 e. The van der Waals surface area contributed by atoms with Crippen molar-refractivity contribution in [3.8, 4) is 0 Å². The number of hydrogen-bond donors (Lipinski definition) is 0. The first kappa shape index (κ1) is 7.55. The van der Waals surface area contributed by atoms with E-state index in [9.17, 15) is 5.11 Å². The highest BCUT2D eigenvalue weighted by atomic mass is 79.9. The third-order valence-electron chi connectivity index (χ3n) is 1.95. The molecule has 1 saturated carbocycles. The maximum atomic E-state index is 10.4. The first-order chi connectivity index (χ1) is 4.33. The number of hydrogen-bond acceptors (Lipinski definition) is 0. The summed E-state index contributed by atoms with van der Waals surface area (Å²) in [5, 5.41) is 10.4. The molecule has 1 fully saturated rings. The summed E-state index contributed by atoms with van der Waals surface area (Å²) in [5.74, 6) is 0.461. The van der Waals surface area contributed by atoms with Crippen LogP contribution in [0.1, 0.15) is 25.7 Å². The van der Waals surface area contributed by atoms with Crippen LogP contribution in [0.5, 0.6) is 0 Å². The van der Waals surface area contributed by atoms with Gasteiger partial charge in [-0.05, 0) is 25.2 Å². The van der Waals surface area contributed by atoms with Crippen molar-refractivity contribution in [2.45, 2.75) is 30.5 Å². The molecule has 0 spiro atoms. The van der Waals surface area contributed by atoms with Crippen molar-refractivity contribution in [1.29, 1.82) is 0 Å². The Balaban J connectivity index is 2.23. The molecule has 2 unspecified atom stereocenters. The van der Waals surface area contributed by atoms with Crippen molar-refractivity contribution in [2.24, 2.45) is 5.92 Å². The van der Waals surface area contributed by atoms with Gasteiger partial charge in [0.25, 0.3) is 0 Å². The molecule has 0 aromatic carbocycles. The molecule has 0 aromatic heterocycles. The number of halogens is 1. The van der Waals surface area contributed by atoms with Crippen LogP contribution in [0.3, 0.4) is 0 Å². The van der Waals surface area contributed by atoms with Crippen LogP contribution < -0.4 is 0 Å². The Kier molecular flexibility index (Phi) is 2.99. The van der Waals surface area contributed by atoms with E-state index >= 15 is 0 Å². The fourth-order valence-electron chi connectivity index (χ4n) is 1.38. The fraction of sp³-hybridized carbons (Fsp3) is 1.00. The lowest BCUT2D eigenvalue weighted by atomic mass is 9.90. The van der Waals surface area contributed by atoms with Crippen LogP contribution in [0.25, 0.3) is 0 Å². The maximum absolute atomic E-state index is 10.4. The molecule has 0 saturated heterocycles. The molecule has 0 aliphatic heterocycles. The van der Waals surface area contributed by atoms with Gasteiger partial charge in [0, 0.05) is 4.83 Å². The monoisotopic (exact) mass is 191 g/mol. The van der Waals surface area contributed by atoms with Gasteiger partial charge >= 0.3 is 0 Å². The Morgan fingerprint density at radius 3 is 2.67 bits per heavy atom. The molecule has 0 amide bonds. The van der Waals surface area contributed by atoms with Gasteiger partial charge < -0.3 is 0 Å². The van der Waals surface area contributed by atoms with E-state index in [0.717, 1.165) is 12.8 Å². The minimum absolute atomic E-state index is 0.127. The Hall–Kier alpha value is 0.440. The van der Waals surface area contributed by atoms with Gasteiger partial charge in [0.15, 0.2) is 0 Å². The van der Waals surface area contributed by atoms with E-state index in [1.54, 1.807) is 0 Å². The van der Waals surface area contributed by atoms with Gasteiger partial charge in [-0.2, -0.15) is 0 Å². The lowest BCUT2D eigenvalue weighted by Gasteiger charge is -2.22. The molecule has 0 aromatic rings. The van der Waals surface area contributed by atoms with Gasteiger partial charge in [0.2, 0.25) is 0 Å². The smallest absolute Gasteiger partial charge is 0.0850 e. The van der Waals surface area contributed by atoms with E-state index in [1.165, 1.54) is 12.8 Å². The van der Waals surface area contributed by atoms with E-state index in [0.29, 0.717) is 10.7 Å². The van der Waals surface area contributed by atoms with E-state index in [1.807, 2.05) is 0 Å². The van der Waals surface area contributed by atoms with Gasteiger partial charge in [-0.15, -0.1) is 0 Å². The SMILES string of the molecule is [O]CC1CCCC(Br)C1. The molecule has 53 valence electrons.